The van der Waals surface area contributed by atoms with E-state index in [0.29, 0.717) is 17.6 Å². The molecule has 6 heterocycles. The van der Waals surface area contributed by atoms with Gasteiger partial charge in [-0.25, -0.2) is 4.98 Å². The van der Waals surface area contributed by atoms with Gasteiger partial charge in [0.1, 0.15) is 0 Å². The first kappa shape index (κ1) is 79.1. The Balaban J connectivity index is 0.000000102. The van der Waals surface area contributed by atoms with Crippen LogP contribution in [0.15, 0.2) is 497 Å². The van der Waals surface area contributed by atoms with Gasteiger partial charge in [-0.3, -0.25) is 4.57 Å². The Kier molecular flexibility index (Phi) is 18.1. The van der Waals surface area contributed by atoms with Gasteiger partial charge in [0.15, 0.2) is 19.7 Å². The lowest BCUT2D eigenvalue weighted by molar-refractivity contribution is 0.761. The van der Waals surface area contributed by atoms with Crippen LogP contribution in [0.5, 0.6) is 0 Å². The molecule has 6 nitrogen and oxygen atoms in total. The number of benzene rings is 23. The first-order valence-corrected chi connectivity index (χ1v) is 50.3. The predicted octanol–water partition coefficient (Wildman–Crippen LogP) is 30.8. The van der Waals surface area contributed by atoms with Crippen LogP contribution >= 0.6 is 11.3 Å². The van der Waals surface area contributed by atoms with Crippen LogP contribution in [0.2, 0.25) is 0 Å². The van der Waals surface area contributed by atoms with Gasteiger partial charge in [0.05, 0.1) is 38.5 Å². The molecule has 0 saturated heterocycles. The van der Waals surface area contributed by atoms with Crippen molar-refractivity contribution in [3.05, 3.63) is 520 Å². The molecule has 28 aromatic rings. The van der Waals surface area contributed by atoms with E-state index >= 15 is 0 Å². The minimum atomic E-state index is -2.79. The van der Waals surface area contributed by atoms with Gasteiger partial charge in [-0.2, -0.15) is 9.97 Å². The van der Waals surface area contributed by atoms with E-state index in [4.69, 9.17) is 15.0 Å². The van der Waals surface area contributed by atoms with Gasteiger partial charge in [0.2, 0.25) is 5.95 Å². The highest BCUT2D eigenvalue weighted by Crippen LogP contribution is 2.57. The molecule has 0 amide bonds. The van der Waals surface area contributed by atoms with E-state index in [-0.39, 0.29) is 0 Å². The maximum atomic E-state index is 5.23. The Morgan fingerprint density at radius 2 is 0.522 bits per heavy atom. The third-order valence-electron chi connectivity index (χ3n) is 29.5. The molecule has 0 N–H and O–H groups in total. The van der Waals surface area contributed by atoms with Gasteiger partial charge in [-0.15, -0.1) is 11.3 Å². The molecule has 0 bridgehead atoms. The van der Waals surface area contributed by atoms with Gasteiger partial charge in [-0.05, 0) is 209 Å². The zero-order chi connectivity index (χ0) is 90.7. The molecule has 1 aliphatic carbocycles. The fourth-order valence-electron chi connectivity index (χ4n) is 23.7. The van der Waals surface area contributed by atoms with E-state index in [1.165, 1.54) is 205 Å². The molecule has 0 saturated carbocycles. The van der Waals surface area contributed by atoms with Gasteiger partial charge >= 0.3 is 0 Å². The second-order valence-electron chi connectivity index (χ2n) is 36.6. The van der Waals surface area contributed by atoms with Crippen LogP contribution in [0.4, 0.5) is 0 Å². The highest BCUT2D eigenvalue weighted by atomic mass is 32.1. The van der Waals surface area contributed by atoms with Crippen molar-refractivity contribution < 1.29 is 0 Å². The number of rotatable bonds is 12. The van der Waals surface area contributed by atoms with Gasteiger partial charge in [-0.1, -0.05) is 419 Å². The van der Waals surface area contributed by atoms with Crippen molar-refractivity contribution in [1.29, 1.82) is 0 Å². The lowest BCUT2D eigenvalue weighted by Gasteiger charge is -2.37. The Morgan fingerprint density at radius 1 is 0.196 bits per heavy atom. The van der Waals surface area contributed by atoms with Crippen LogP contribution in [0, 0.1) is 0 Å². The maximum absolute atomic E-state index is 5.23. The zero-order valence-electron chi connectivity index (χ0n) is 74.9. The lowest BCUT2D eigenvalue weighted by Crippen LogP contribution is -2.74. The molecule has 0 atom stereocenters. The summed E-state index contributed by atoms with van der Waals surface area (Å²) < 4.78 is 9.75. The summed E-state index contributed by atoms with van der Waals surface area (Å²) >= 11 is 1.85. The predicted molar refractivity (Wildman–Crippen MR) is 584 cm³/mol. The summed E-state index contributed by atoms with van der Waals surface area (Å²) in [6.45, 7) is 0. The van der Waals surface area contributed by atoms with Crippen LogP contribution < -0.4 is 20.7 Å². The number of hydrogen-bond donors (Lipinski definition) is 0. The molecule has 8 heteroatoms. The molecule has 138 heavy (non-hydrogen) atoms. The summed E-state index contributed by atoms with van der Waals surface area (Å²) in [6, 6.07) is 182. The van der Waals surface area contributed by atoms with Crippen molar-refractivity contribution in [3.63, 3.8) is 0 Å². The average molecular weight is 1790 g/mol. The second-order valence-corrected chi connectivity index (χ2v) is 41.4. The summed E-state index contributed by atoms with van der Waals surface area (Å²) in [4.78, 5) is 15.5. The topological polar surface area (TPSA) is 53.5 Å². The standard InChI is InChI=1S/C45H29N.C44H29NSi.C41H24N4S/c1-4-12-30(13-5-1)31-24-27-36(28-25-31)46-39-21-11-20-38-43(39)44-40(46)29-26-33-23-22-32-14-10-19-37(41(32)42(33)44)45(38,34-15-6-2-7-16-34)35-17-8-3-9-18-35;1-4-12-30(13-5-1)31-24-27-34(28-25-31)45-37-19-11-21-40-43(37)44-38(45)29-26-33-23-22-32-14-10-20-39(41(32)42(33)44)46(40,35-15-6-2-7-16-35)36-17-8-3-9-18-36;1-3-10-25(11-4-1)29-15-7-16-30(24-29)40-42-39(28-12-5-2-6-13-28)43-41(44-40)45-31-17-9-19-34-37(31)38-32(45)23-22-27-21-20-26-14-8-18-33(46-34)35(26)36(27)38/h2*1-29H;1-24H. The number of aromatic nitrogens is 6. The molecule has 642 valence electrons. The van der Waals surface area contributed by atoms with Crippen molar-refractivity contribution in [2.45, 2.75) is 5.41 Å². The van der Waals surface area contributed by atoms with Crippen molar-refractivity contribution in [2.75, 3.05) is 0 Å². The van der Waals surface area contributed by atoms with Crippen molar-refractivity contribution in [2.24, 2.45) is 0 Å². The van der Waals surface area contributed by atoms with Gasteiger partial charge < -0.3 is 9.13 Å². The molecule has 0 radical (unpaired) electrons. The Bertz CT molecular complexity index is 9280. The number of hydrogen-bond acceptors (Lipinski definition) is 4. The molecular weight excluding hydrogens is 1710 g/mol. The Labute approximate surface area is 800 Å². The zero-order valence-corrected chi connectivity index (χ0v) is 76.8. The van der Waals surface area contributed by atoms with Crippen LogP contribution in [-0.2, 0) is 5.41 Å². The third-order valence-corrected chi connectivity index (χ3v) is 35.4. The quantitative estimate of drug-likeness (QED) is 0.0905. The number of nitrogens with zero attached hydrogens (tertiary/aromatic N) is 6. The molecule has 5 aromatic heterocycles. The first-order chi connectivity index (χ1) is 68.5. The highest BCUT2D eigenvalue weighted by Gasteiger charge is 2.47. The van der Waals surface area contributed by atoms with E-state index in [1.807, 2.05) is 35.6 Å². The van der Waals surface area contributed by atoms with Crippen LogP contribution in [-0.4, -0.2) is 36.7 Å². The van der Waals surface area contributed by atoms with E-state index < -0.39 is 13.5 Å². The normalized spacial score (nSPS) is 12.9. The van der Waals surface area contributed by atoms with E-state index in [2.05, 4.69) is 487 Å². The fraction of sp³-hybridized carbons (Fsp3) is 0.00769. The monoisotopic (exact) mass is 1790 g/mol. The van der Waals surface area contributed by atoms with E-state index in [9.17, 15) is 0 Å². The minimum Gasteiger partial charge on any atom is -0.309 e. The highest BCUT2D eigenvalue weighted by molar-refractivity contribution is 7.25. The molecule has 0 spiro atoms. The summed E-state index contributed by atoms with van der Waals surface area (Å²) in [6.07, 6.45) is 0. The minimum absolute atomic E-state index is 0.523. The van der Waals surface area contributed by atoms with Crippen molar-refractivity contribution in [3.8, 4) is 73.5 Å². The summed E-state index contributed by atoms with van der Waals surface area (Å²) in [5.41, 5.74) is 23.3. The average Bonchev–Trinajstić information content (AvgIpc) is 1.51. The molecule has 0 fully saturated rings. The molecular formula is C130H82N6SSi. The summed E-state index contributed by atoms with van der Waals surface area (Å²) in [5, 5.41) is 29.4. The van der Waals surface area contributed by atoms with Crippen LogP contribution in [0.3, 0.4) is 0 Å². The molecule has 23 aromatic carbocycles. The van der Waals surface area contributed by atoms with Crippen molar-refractivity contribution >= 4 is 180 Å². The molecule has 0 unspecified atom stereocenters. The maximum Gasteiger partial charge on any atom is 0.238 e. The summed E-state index contributed by atoms with van der Waals surface area (Å²) in [7, 11) is -2.79. The molecule has 2 aliphatic rings. The Morgan fingerprint density at radius 3 is 1.06 bits per heavy atom. The molecule has 1 aliphatic heterocycles. The lowest BCUT2D eigenvalue weighted by atomic mass is 9.64. The smallest absolute Gasteiger partial charge is 0.238 e. The third kappa shape index (κ3) is 11.9. The Hall–Kier alpha value is -17.5. The van der Waals surface area contributed by atoms with E-state index in [1.54, 1.807) is 0 Å². The van der Waals surface area contributed by atoms with Gasteiger partial charge in [0, 0.05) is 75.0 Å². The van der Waals surface area contributed by atoms with E-state index in [0.717, 1.165) is 33.3 Å². The van der Waals surface area contributed by atoms with Crippen LogP contribution in [0.1, 0.15) is 22.3 Å². The molecule has 30 rings (SSSR count). The largest absolute Gasteiger partial charge is 0.309 e. The first-order valence-electron chi connectivity index (χ1n) is 47.4. The summed E-state index contributed by atoms with van der Waals surface area (Å²) in [5.74, 6) is 1.89. The second kappa shape index (κ2) is 31.6. The van der Waals surface area contributed by atoms with Crippen molar-refractivity contribution in [1.82, 2.24) is 28.7 Å². The van der Waals surface area contributed by atoms with Crippen LogP contribution in [0.25, 0.3) is 213 Å². The fourth-order valence-corrected chi connectivity index (χ4v) is 30.1. The van der Waals surface area contributed by atoms with Gasteiger partial charge in [0.25, 0.3) is 0 Å². The SMILES string of the molecule is c1ccc(-c2ccc(-n3c4cccc5c4c4c6c(ccc7cccc(c76)C5(c5ccccc5)c5ccccc5)ccc43)cc2)cc1.c1ccc(-c2ccc(-n3c4cccc5c4c4c6c(ccc7cccc(c76)[Si]5(c5ccccc5)c5ccccc5)ccc43)cc2)cc1.c1ccc(-c2cccc(-c3nc(-c4ccccc4)nc(-n4c5cccc6sc7cccc8ccc9ccc4c(c9c87)c65)n3)c2)cc1.